The van der Waals surface area contributed by atoms with Crippen LogP contribution in [0.2, 0.25) is 0 Å². The van der Waals surface area contributed by atoms with E-state index in [0.29, 0.717) is 42.5 Å². The molecule has 154 valence electrons. The van der Waals surface area contributed by atoms with Gasteiger partial charge in [0.25, 0.3) is 5.91 Å². The molecule has 1 amide bonds. The maximum atomic E-state index is 12.7. The maximum Gasteiger partial charge on any atom is 0.416 e. The zero-order valence-corrected chi connectivity index (χ0v) is 15.8. The number of pyridine rings is 1. The summed E-state index contributed by atoms with van der Waals surface area (Å²) in [6.07, 6.45) is -3.75. The summed E-state index contributed by atoms with van der Waals surface area (Å²) < 4.78 is 43.7. The van der Waals surface area contributed by atoms with Gasteiger partial charge in [-0.2, -0.15) is 13.2 Å². The standard InChI is InChI=1S/C22H18F3N3O2/c23-22(24,25)16-5-8-17(9-6-16)30-18-7-4-15-13-28(11-10-14(15)12-18)21(29)19-2-1-3-20(26)27-19/h1-9,12H,10-11,13H2,(H2,26,27). The Hall–Kier alpha value is -3.55. The third-order valence-corrected chi connectivity index (χ3v) is 4.88. The summed E-state index contributed by atoms with van der Waals surface area (Å²) in [5.41, 5.74) is 7.26. The second kappa shape index (κ2) is 7.70. The fraction of sp³-hybridized carbons (Fsp3) is 0.182. The van der Waals surface area contributed by atoms with Crippen molar-refractivity contribution in [3.63, 3.8) is 0 Å². The van der Waals surface area contributed by atoms with Crippen molar-refractivity contribution in [3.05, 3.63) is 83.0 Å². The number of anilines is 1. The molecule has 0 atom stereocenters. The number of hydrogen-bond donors (Lipinski definition) is 1. The van der Waals surface area contributed by atoms with E-state index in [1.54, 1.807) is 29.2 Å². The number of amides is 1. The number of fused-ring (bicyclic) bond motifs is 1. The molecule has 2 N–H and O–H groups in total. The van der Waals surface area contributed by atoms with Gasteiger partial charge in [0.15, 0.2) is 0 Å². The van der Waals surface area contributed by atoms with Gasteiger partial charge in [0.1, 0.15) is 23.0 Å². The minimum Gasteiger partial charge on any atom is -0.457 e. The van der Waals surface area contributed by atoms with Crippen molar-refractivity contribution in [3.8, 4) is 11.5 Å². The Kier molecular flexibility index (Phi) is 5.07. The van der Waals surface area contributed by atoms with Crippen LogP contribution < -0.4 is 10.5 Å². The largest absolute Gasteiger partial charge is 0.457 e. The van der Waals surface area contributed by atoms with E-state index in [1.807, 2.05) is 12.1 Å². The number of rotatable bonds is 3. The molecule has 0 unspecified atom stereocenters. The monoisotopic (exact) mass is 413 g/mol. The summed E-state index contributed by atoms with van der Waals surface area (Å²) in [5.74, 6) is 0.968. The average molecular weight is 413 g/mol. The smallest absolute Gasteiger partial charge is 0.416 e. The van der Waals surface area contributed by atoms with Crippen molar-refractivity contribution in [1.82, 2.24) is 9.88 Å². The molecule has 1 aliphatic rings. The van der Waals surface area contributed by atoms with Gasteiger partial charge >= 0.3 is 6.18 Å². The average Bonchev–Trinajstić information content (AvgIpc) is 2.72. The number of hydrogen-bond acceptors (Lipinski definition) is 4. The Morgan fingerprint density at radius 1 is 1.00 bits per heavy atom. The van der Waals surface area contributed by atoms with Gasteiger partial charge < -0.3 is 15.4 Å². The van der Waals surface area contributed by atoms with Crippen molar-refractivity contribution in [2.24, 2.45) is 0 Å². The molecule has 3 aromatic rings. The molecule has 0 saturated carbocycles. The van der Waals surface area contributed by atoms with Crippen molar-refractivity contribution in [2.75, 3.05) is 12.3 Å². The van der Waals surface area contributed by atoms with Gasteiger partial charge in [0.05, 0.1) is 5.56 Å². The van der Waals surface area contributed by atoms with Crippen molar-refractivity contribution >= 4 is 11.7 Å². The molecular weight excluding hydrogens is 395 g/mol. The summed E-state index contributed by atoms with van der Waals surface area (Å²) in [6, 6.07) is 15.0. The van der Waals surface area contributed by atoms with Crippen LogP contribution in [-0.2, 0) is 19.1 Å². The number of nitrogen functional groups attached to an aromatic ring is 1. The highest BCUT2D eigenvalue weighted by atomic mass is 19.4. The van der Waals surface area contributed by atoms with Crippen molar-refractivity contribution < 1.29 is 22.7 Å². The molecule has 2 heterocycles. The molecule has 30 heavy (non-hydrogen) atoms. The molecular formula is C22H18F3N3O2. The van der Waals surface area contributed by atoms with Crippen LogP contribution in [0.15, 0.2) is 60.7 Å². The van der Waals surface area contributed by atoms with E-state index < -0.39 is 11.7 Å². The third kappa shape index (κ3) is 4.22. The van der Waals surface area contributed by atoms with E-state index in [0.717, 1.165) is 23.3 Å². The zero-order chi connectivity index (χ0) is 21.3. The molecule has 1 aliphatic heterocycles. The SMILES string of the molecule is Nc1cccc(C(=O)N2CCc3cc(Oc4ccc(C(F)(F)F)cc4)ccc3C2)n1. The van der Waals surface area contributed by atoms with E-state index in [4.69, 9.17) is 10.5 Å². The summed E-state index contributed by atoms with van der Waals surface area (Å²) in [7, 11) is 0. The Labute approximate surface area is 170 Å². The Morgan fingerprint density at radius 3 is 2.43 bits per heavy atom. The molecule has 0 spiro atoms. The minimum atomic E-state index is -4.38. The number of ether oxygens (including phenoxy) is 1. The van der Waals surface area contributed by atoms with E-state index in [1.165, 1.54) is 12.1 Å². The van der Waals surface area contributed by atoms with Gasteiger partial charge in [0.2, 0.25) is 0 Å². The van der Waals surface area contributed by atoms with Crippen LogP contribution in [0.1, 0.15) is 27.2 Å². The highest BCUT2D eigenvalue weighted by molar-refractivity contribution is 5.92. The summed E-state index contributed by atoms with van der Waals surface area (Å²) in [6.45, 7) is 0.956. The molecule has 5 nitrogen and oxygen atoms in total. The Balaban J connectivity index is 1.46. The molecule has 0 bridgehead atoms. The molecule has 0 radical (unpaired) electrons. The van der Waals surface area contributed by atoms with Crippen LogP contribution in [0, 0.1) is 0 Å². The van der Waals surface area contributed by atoms with Crippen LogP contribution in [0.5, 0.6) is 11.5 Å². The van der Waals surface area contributed by atoms with Gasteiger partial charge in [-0.1, -0.05) is 12.1 Å². The maximum absolute atomic E-state index is 12.7. The number of nitrogens with zero attached hydrogens (tertiary/aromatic N) is 2. The van der Waals surface area contributed by atoms with E-state index >= 15 is 0 Å². The highest BCUT2D eigenvalue weighted by Crippen LogP contribution is 2.32. The minimum absolute atomic E-state index is 0.182. The van der Waals surface area contributed by atoms with E-state index in [9.17, 15) is 18.0 Å². The molecule has 2 aromatic carbocycles. The fourth-order valence-corrected chi connectivity index (χ4v) is 3.35. The van der Waals surface area contributed by atoms with Crippen LogP contribution >= 0.6 is 0 Å². The topological polar surface area (TPSA) is 68.5 Å². The number of nitrogens with two attached hydrogens (primary N) is 1. The van der Waals surface area contributed by atoms with Gasteiger partial charge in [0, 0.05) is 13.1 Å². The molecule has 0 fully saturated rings. The first kappa shape index (κ1) is 19.8. The normalized spacial score (nSPS) is 13.6. The summed E-state index contributed by atoms with van der Waals surface area (Å²) in [5, 5.41) is 0. The predicted octanol–water partition coefficient (Wildman–Crippen LogP) is 4.67. The fourth-order valence-electron chi connectivity index (χ4n) is 3.35. The molecule has 0 saturated heterocycles. The van der Waals surface area contributed by atoms with Crippen LogP contribution in [0.4, 0.5) is 19.0 Å². The second-order valence-electron chi connectivity index (χ2n) is 6.98. The third-order valence-electron chi connectivity index (χ3n) is 4.88. The number of carbonyl (C=O) groups excluding carboxylic acids is 1. The van der Waals surface area contributed by atoms with Crippen LogP contribution in [0.25, 0.3) is 0 Å². The van der Waals surface area contributed by atoms with Gasteiger partial charge in [-0.25, -0.2) is 4.98 Å². The first-order valence-corrected chi connectivity index (χ1v) is 9.28. The molecule has 4 rings (SSSR count). The van der Waals surface area contributed by atoms with Gasteiger partial charge in [-0.05, 0) is 66.1 Å². The van der Waals surface area contributed by atoms with Crippen LogP contribution in [0.3, 0.4) is 0 Å². The first-order chi connectivity index (χ1) is 14.3. The van der Waals surface area contributed by atoms with E-state index in [-0.39, 0.29) is 5.91 Å². The predicted molar refractivity (Wildman–Crippen MR) is 105 cm³/mol. The Bertz CT molecular complexity index is 1080. The highest BCUT2D eigenvalue weighted by Gasteiger charge is 2.30. The number of benzene rings is 2. The lowest BCUT2D eigenvalue weighted by molar-refractivity contribution is -0.137. The summed E-state index contributed by atoms with van der Waals surface area (Å²) in [4.78, 5) is 18.5. The number of alkyl halides is 3. The number of halogens is 3. The van der Waals surface area contributed by atoms with Gasteiger partial charge in [-0.15, -0.1) is 0 Å². The molecule has 8 heteroatoms. The second-order valence-corrected chi connectivity index (χ2v) is 6.98. The molecule has 0 aliphatic carbocycles. The zero-order valence-electron chi connectivity index (χ0n) is 15.8. The number of carbonyl (C=O) groups is 1. The number of aromatic nitrogens is 1. The Morgan fingerprint density at radius 2 is 1.73 bits per heavy atom. The lowest BCUT2D eigenvalue weighted by atomic mass is 9.99. The lowest BCUT2D eigenvalue weighted by Crippen LogP contribution is -2.36. The van der Waals surface area contributed by atoms with Crippen molar-refractivity contribution in [2.45, 2.75) is 19.1 Å². The van der Waals surface area contributed by atoms with E-state index in [2.05, 4.69) is 4.98 Å². The lowest BCUT2D eigenvalue weighted by Gasteiger charge is -2.29. The quantitative estimate of drug-likeness (QED) is 0.677. The first-order valence-electron chi connectivity index (χ1n) is 9.28. The summed E-state index contributed by atoms with van der Waals surface area (Å²) >= 11 is 0. The molecule has 1 aromatic heterocycles. The van der Waals surface area contributed by atoms with Crippen molar-refractivity contribution in [1.29, 1.82) is 0 Å². The van der Waals surface area contributed by atoms with Gasteiger partial charge in [-0.3, -0.25) is 4.79 Å². The van der Waals surface area contributed by atoms with Crippen LogP contribution in [-0.4, -0.2) is 22.3 Å².